The minimum Gasteiger partial charge on any atom is -0.391 e. The molecule has 6 nitrogen and oxygen atoms in total. The molecular formula is C5H13O6P. The van der Waals surface area contributed by atoms with E-state index in [1.807, 2.05) is 0 Å². The van der Waals surface area contributed by atoms with Crippen molar-refractivity contribution in [1.82, 2.24) is 0 Å². The van der Waals surface area contributed by atoms with E-state index in [2.05, 4.69) is 0 Å². The minimum absolute atomic E-state index is 0.848. The normalized spacial score (nSPS) is 20.2. The number of hydrogen-bond acceptors (Lipinski definition) is 4. The predicted octanol–water partition coefficient (Wildman–Crippen LogP) is -1.73. The van der Waals surface area contributed by atoms with E-state index in [0.717, 1.165) is 0 Å². The molecule has 0 aromatic carbocycles. The molecule has 0 saturated carbocycles. The highest BCUT2D eigenvalue weighted by Crippen LogP contribution is 2.35. The first-order valence-electron chi connectivity index (χ1n) is 3.33. The van der Waals surface area contributed by atoms with Gasteiger partial charge < -0.3 is 25.1 Å². The van der Waals surface area contributed by atoms with Crippen LogP contribution in [0.25, 0.3) is 0 Å². The van der Waals surface area contributed by atoms with E-state index in [9.17, 15) is 4.57 Å². The van der Waals surface area contributed by atoms with Crippen molar-refractivity contribution < 1.29 is 29.7 Å². The van der Waals surface area contributed by atoms with Crippen molar-refractivity contribution in [3.8, 4) is 0 Å². The molecule has 0 radical (unpaired) electrons. The van der Waals surface area contributed by atoms with Crippen molar-refractivity contribution in [2.75, 3.05) is 6.16 Å². The summed E-state index contributed by atoms with van der Waals surface area (Å²) in [6.07, 6.45) is -5.20. The molecule has 0 unspecified atom stereocenters. The third-order valence-electron chi connectivity index (χ3n) is 1.31. The van der Waals surface area contributed by atoms with E-state index >= 15 is 0 Å². The Hall–Kier alpha value is 0.0300. The van der Waals surface area contributed by atoms with Crippen molar-refractivity contribution in [2.45, 2.75) is 25.2 Å². The van der Waals surface area contributed by atoms with E-state index in [4.69, 9.17) is 25.1 Å². The topological polar surface area (TPSA) is 118 Å². The van der Waals surface area contributed by atoms with Crippen LogP contribution in [0.4, 0.5) is 0 Å². The Balaban J connectivity index is 4.04. The van der Waals surface area contributed by atoms with Gasteiger partial charge in [-0.05, 0) is 6.92 Å². The number of aliphatic hydroxyl groups is 3. The van der Waals surface area contributed by atoms with Gasteiger partial charge in [0.05, 0.1) is 18.4 Å². The molecule has 0 amide bonds. The van der Waals surface area contributed by atoms with Gasteiger partial charge in [0.25, 0.3) is 0 Å². The Bertz CT molecular complexity index is 175. The molecule has 3 atom stereocenters. The summed E-state index contributed by atoms with van der Waals surface area (Å²) in [6.45, 7) is 1.22. The van der Waals surface area contributed by atoms with Crippen molar-refractivity contribution in [2.24, 2.45) is 0 Å². The molecule has 0 bridgehead atoms. The van der Waals surface area contributed by atoms with Gasteiger partial charge in [-0.15, -0.1) is 0 Å². The van der Waals surface area contributed by atoms with Crippen molar-refractivity contribution in [3.05, 3.63) is 0 Å². The van der Waals surface area contributed by atoms with Gasteiger partial charge in [0, 0.05) is 0 Å². The van der Waals surface area contributed by atoms with Crippen LogP contribution in [0.1, 0.15) is 6.92 Å². The standard InChI is InChI=1S/C5H13O6P/c1-3(6)5(8)4(7)2-12(9,10)11/h3-8H,2H2,1H3,(H2,9,10,11)/t3-,4-,5-/m0/s1. The molecule has 0 fully saturated rings. The lowest BCUT2D eigenvalue weighted by Crippen LogP contribution is -2.37. The highest BCUT2D eigenvalue weighted by Gasteiger charge is 2.28. The first-order chi connectivity index (χ1) is 5.24. The van der Waals surface area contributed by atoms with E-state index in [1.165, 1.54) is 6.92 Å². The largest absolute Gasteiger partial charge is 0.391 e. The van der Waals surface area contributed by atoms with Gasteiger partial charge in [0.1, 0.15) is 6.10 Å². The van der Waals surface area contributed by atoms with Crippen LogP contribution in [0.2, 0.25) is 0 Å². The van der Waals surface area contributed by atoms with Crippen LogP contribution in [-0.2, 0) is 4.57 Å². The van der Waals surface area contributed by atoms with Crippen LogP contribution >= 0.6 is 7.60 Å². The van der Waals surface area contributed by atoms with Gasteiger partial charge >= 0.3 is 7.60 Å². The summed E-state index contributed by atoms with van der Waals surface area (Å²) in [5, 5.41) is 26.6. The second-order valence-electron chi connectivity index (χ2n) is 2.65. The Labute approximate surface area is 69.6 Å². The van der Waals surface area contributed by atoms with Crippen LogP contribution in [0, 0.1) is 0 Å². The maximum absolute atomic E-state index is 10.3. The summed E-state index contributed by atoms with van der Waals surface area (Å²) < 4.78 is 10.3. The number of hydrogen-bond donors (Lipinski definition) is 5. The molecule has 5 N–H and O–H groups in total. The third-order valence-corrected chi connectivity index (χ3v) is 2.16. The van der Waals surface area contributed by atoms with E-state index < -0.39 is 32.1 Å². The first-order valence-corrected chi connectivity index (χ1v) is 5.12. The van der Waals surface area contributed by atoms with Crippen LogP contribution in [0.3, 0.4) is 0 Å². The minimum atomic E-state index is -4.34. The van der Waals surface area contributed by atoms with Gasteiger partial charge in [0.15, 0.2) is 0 Å². The summed E-state index contributed by atoms with van der Waals surface area (Å²) >= 11 is 0. The first kappa shape index (κ1) is 12.0. The molecule has 0 aromatic heterocycles. The summed E-state index contributed by atoms with van der Waals surface area (Å²) in [7, 11) is -4.34. The number of aliphatic hydroxyl groups excluding tert-OH is 3. The highest BCUT2D eigenvalue weighted by atomic mass is 31.2. The zero-order valence-corrected chi connectivity index (χ0v) is 7.43. The maximum Gasteiger partial charge on any atom is 0.328 e. The monoisotopic (exact) mass is 200 g/mol. The van der Waals surface area contributed by atoms with Gasteiger partial charge in [0.2, 0.25) is 0 Å². The highest BCUT2D eigenvalue weighted by molar-refractivity contribution is 7.51. The van der Waals surface area contributed by atoms with Crippen molar-refractivity contribution >= 4 is 7.60 Å². The molecular weight excluding hydrogens is 187 g/mol. The quantitative estimate of drug-likeness (QED) is 0.344. The van der Waals surface area contributed by atoms with Crippen LogP contribution < -0.4 is 0 Å². The Kier molecular flexibility index (Phi) is 4.33. The zero-order chi connectivity index (χ0) is 9.94. The van der Waals surface area contributed by atoms with Crippen molar-refractivity contribution in [3.63, 3.8) is 0 Å². The Morgan fingerprint density at radius 3 is 1.92 bits per heavy atom. The molecule has 0 saturated heterocycles. The summed E-state index contributed by atoms with van der Waals surface area (Å²) in [4.78, 5) is 16.8. The summed E-state index contributed by atoms with van der Waals surface area (Å²) in [5.41, 5.74) is 0. The van der Waals surface area contributed by atoms with Crippen LogP contribution in [0.5, 0.6) is 0 Å². The Morgan fingerprint density at radius 1 is 1.25 bits per heavy atom. The molecule has 0 spiro atoms. The van der Waals surface area contributed by atoms with E-state index in [1.54, 1.807) is 0 Å². The fourth-order valence-corrected chi connectivity index (χ4v) is 1.38. The lowest BCUT2D eigenvalue weighted by atomic mass is 10.1. The molecule has 0 heterocycles. The van der Waals surface area contributed by atoms with Gasteiger partial charge in [-0.25, -0.2) is 0 Å². The lowest BCUT2D eigenvalue weighted by Gasteiger charge is -2.20. The fraction of sp³-hybridized carbons (Fsp3) is 1.00. The smallest absolute Gasteiger partial charge is 0.328 e. The molecule has 0 aliphatic rings. The average molecular weight is 200 g/mol. The summed E-state index contributed by atoms with van der Waals surface area (Å²) in [6, 6.07) is 0. The molecule has 12 heavy (non-hydrogen) atoms. The molecule has 74 valence electrons. The SMILES string of the molecule is C[C@H](O)[C@H](O)[C@@H](O)CP(=O)(O)O. The Morgan fingerprint density at radius 2 is 1.67 bits per heavy atom. The lowest BCUT2D eigenvalue weighted by molar-refractivity contribution is -0.0437. The predicted molar refractivity (Wildman–Crippen MR) is 40.6 cm³/mol. The second kappa shape index (κ2) is 4.32. The van der Waals surface area contributed by atoms with Gasteiger partial charge in [-0.1, -0.05) is 0 Å². The van der Waals surface area contributed by atoms with Crippen LogP contribution in [-0.4, -0.2) is 49.6 Å². The average Bonchev–Trinajstić information content (AvgIpc) is 1.82. The van der Waals surface area contributed by atoms with E-state index in [0.29, 0.717) is 0 Å². The molecule has 0 aliphatic carbocycles. The van der Waals surface area contributed by atoms with Gasteiger partial charge in [-0.3, -0.25) is 4.57 Å². The molecule has 0 aromatic rings. The second-order valence-corrected chi connectivity index (χ2v) is 4.34. The van der Waals surface area contributed by atoms with Gasteiger partial charge in [-0.2, -0.15) is 0 Å². The molecule has 0 rings (SSSR count). The van der Waals surface area contributed by atoms with Crippen molar-refractivity contribution in [1.29, 1.82) is 0 Å². The molecule has 0 aliphatic heterocycles. The van der Waals surface area contributed by atoms with Crippen LogP contribution in [0.15, 0.2) is 0 Å². The summed E-state index contributed by atoms with van der Waals surface area (Å²) in [5.74, 6) is 0. The maximum atomic E-state index is 10.3. The fourth-order valence-electron chi connectivity index (χ4n) is 0.673. The van der Waals surface area contributed by atoms with E-state index in [-0.39, 0.29) is 0 Å². The number of rotatable bonds is 4. The molecule has 7 heteroatoms. The zero-order valence-electron chi connectivity index (χ0n) is 6.53. The third kappa shape index (κ3) is 4.82.